The monoisotopic (exact) mass is 458 g/mol. The van der Waals surface area contributed by atoms with E-state index in [1.807, 2.05) is 97.4 Å². The molecule has 6 nitrogen and oxygen atoms in total. The second-order valence-electron chi connectivity index (χ2n) is 7.84. The number of nitrogens with zero attached hydrogens (tertiary/aromatic N) is 2. The minimum Gasteiger partial charge on any atom is -0.341 e. The van der Waals surface area contributed by atoms with Crippen LogP contribution >= 0.6 is 11.8 Å². The first-order valence-electron chi connectivity index (χ1n) is 10.7. The Morgan fingerprint density at radius 2 is 1.61 bits per heavy atom. The maximum atomic E-state index is 13.2. The molecule has 0 aliphatic carbocycles. The number of hydrogen-bond acceptors (Lipinski definition) is 4. The van der Waals surface area contributed by atoms with Crippen molar-refractivity contribution in [3.8, 4) is 0 Å². The van der Waals surface area contributed by atoms with Crippen molar-refractivity contribution in [1.29, 1.82) is 0 Å². The number of aryl methyl sites for hydroxylation is 1. The summed E-state index contributed by atoms with van der Waals surface area (Å²) in [6, 6.07) is 24.9. The molecule has 33 heavy (non-hydrogen) atoms. The average molecular weight is 459 g/mol. The summed E-state index contributed by atoms with van der Waals surface area (Å²) in [5.41, 5.74) is 3.62. The summed E-state index contributed by atoms with van der Waals surface area (Å²) in [4.78, 5) is 30.2. The SMILES string of the molecule is CC(=O)Nc1ccc(SC(C)C(=O)NC(c2ccccc2)c2nc3ccccc3n2C)cc1. The van der Waals surface area contributed by atoms with Crippen molar-refractivity contribution in [1.82, 2.24) is 14.9 Å². The Kier molecular flexibility index (Phi) is 6.79. The van der Waals surface area contributed by atoms with Crippen LogP contribution in [0.2, 0.25) is 0 Å². The van der Waals surface area contributed by atoms with Crippen molar-refractivity contribution in [2.24, 2.45) is 7.05 Å². The summed E-state index contributed by atoms with van der Waals surface area (Å²) >= 11 is 1.47. The molecule has 0 fully saturated rings. The number of carbonyl (C=O) groups is 2. The highest BCUT2D eigenvalue weighted by molar-refractivity contribution is 8.00. The first-order chi connectivity index (χ1) is 15.9. The second kappa shape index (κ2) is 9.92. The Hall–Kier alpha value is -3.58. The molecule has 0 aliphatic heterocycles. The van der Waals surface area contributed by atoms with E-state index in [1.165, 1.54) is 18.7 Å². The van der Waals surface area contributed by atoms with Crippen molar-refractivity contribution in [3.63, 3.8) is 0 Å². The minimum absolute atomic E-state index is 0.0770. The van der Waals surface area contributed by atoms with E-state index in [4.69, 9.17) is 4.98 Å². The van der Waals surface area contributed by atoms with E-state index in [-0.39, 0.29) is 23.1 Å². The molecule has 3 aromatic carbocycles. The molecule has 2 amide bonds. The maximum Gasteiger partial charge on any atom is 0.234 e. The lowest BCUT2D eigenvalue weighted by molar-refractivity contribution is -0.120. The fourth-order valence-electron chi connectivity index (χ4n) is 3.70. The van der Waals surface area contributed by atoms with E-state index in [9.17, 15) is 9.59 Å². The van der Waals surface area contributed by atoms with Gasteiger partial charge in [-0.2, -0.15) is 0 Å². The van der Waals surface area contributed by atoms with Crippen LogP contribution in [0.5, 0.6) is 0 Å². The molecule has 2 N–H and O–H groups in total. The van der Waals surface area contributed by atoms with Crippen LogP contribution in [0.1, 0.15) is 31.3 Å². The molecule has 0 spiro atoms. The molecule has 0 saturated carbocycles. The van der Waals surface area contributed by atoms with E-state index in [1.54, 1.807) is 0 Å². The smallest absolute Gasteiger partial charge is 0.234 e. The highest BCUT2D eigenvalue weighted by atomic mass is 32.2. The molecule has 0 saturated heterocycles. The standard InChI is InChI=1S/C26H26N4O2S/c1-17(33-21-15-13-20(14-16-21)27-18(2)31)26(32)29-24(19-9-5-4-6-10-19)25-28-22-11-7-8-12-23(22)30(25)3/h4-17,24H,1-3H3,(H,27,31)(H,29,32). The van der Waals surface area contributed by atoms with Gasteiger partial charge in [0.25, 0.3) is 0 Å². The molecular formula is C26H26N4O2S. The number of nitrogens with one attached hydrogen (secondary N) is 2. The van der Waals surface area contributed by atoms with Gasteiger partial charge in [-0.3, -0.25) is 9.59 Å². The van der Waals surface area contributed by atoms with Gasteiger partial charge in [0.05, 0.1) is 16.3 Å². The van der Waals surface area contributed by atoms with Gasteiger partial charge in [-0.25, -0.2) is 4.98 Å². The number of rotatable bonds is 7. The van der Waals surface area contributed by atoms with Gasteiger partial charge in [-0.15, -0.1) is 11.8 Å². The molecule has 0 radical (unpaired) electrons. The number of anilines is 1. The van der Waals surface area contributed by atoms with E-state index in [0.717, 1.165) is 33.0 Å². The zero-order chi connectivity index (χ0) is 23.4. The van der Waals surface area contributed by atoms with Crippen LogP contribution in [-0.2, 0) is 16.6 Å². The molecule has 7 heteroatoms. The van der Waals surface area contributed by atoms with E-state index in [0.29, 0.717) is 0 Å². The van der Waals surface area contributed by atoms with Gasteiger partial charge in [0.15, 0.2) is 0 Å². The number of carbonyl (C=O) groups excluding carboxylic acids is 2. The lowest BCUT2D eigenvalue weighted by Crippen LogP contribution is -2.36. The van der Waals surface area contributed by atoms with Gasteiger partial charge >= 0.3 is 0 Å². The van der Waals surface area contributed by atoms with Crippen LogP contribution < -0.4 is 10.6 Å². The number of benzene rings is 3. The molecule has 2 atom stereocenters. The Bertz CT molecular complexity index is 1270. The van der Waals surface area contributed by atoms with Crippen molar-refractivity contribution in [2.45, 2.75) is 30.0 Å². The predicted octanol–water partition coefficient (Wildman–Crippen LogP) is 4.92. The minimum atomic E-state index is -0.374. The van der Waals surface area contributed by atoms with Crippen LogP contribution in [0.4, 0.5) is 5.69 Å². The number of para-hydroxylation sites is 2. The topological polar surface area (TPSA) is 76.0 Å². The van der Waals surface area contributed by atoms with Crippen molar-refractivity contribution >= 4 is 40.3 Å². The summed E-state index contributed by atoms with van der Waals surface area (Å²) in [6.07, 6.45) is 0. The zero-order valence-corrected chi connectivity index (χ0v) is 19.6. The number of aromatic nitrogens is 2. The molecule has 4 rings (SSSR count). The maximum absolute atomic E-state index is 13.2. The number of imidazole rings is 1. The summed E-state index contributed by atoms with van der Waals surface area (Å²) in [5, 5.41) is 5.64. The predicted molar refractivity (Wildman–Crippen MR) is 133 cm³/mol. The number of hydrogen-bond donors (Lipinski definition) is 2. The first kappa shape index (κ1) is 22.6. The number of thioether (sulfide) groups is 1. The molecule has 1 aromatic heterocycles. The Morgan fingerprint density at radius 1 is 0.939 bits per heavy atom. The van der Waals surface area contributed by atoms with Gasteiger partial charge in [0, 0.05) is 24.6 Å². The molecule has 1 heterocycles. The summed E-state index contributed by atoms with van der Waals surface area (Å²) < 4.78 is 2.03. The fraction of sp³-hybridized carbons (Fsp3) is 0.192. The van der Waals surface area contributed by atoms with Gasteiger partial charge in [0.2, 0.25) is 11.8 Å². The van der Waals surface area contributed by atoms with Gasteiger partial charge in [0.1, 0.15) is 11.9 Å². The van der Waals surface area contributed by atoms with E-state index >= 15 is 0 Å². The van der Waals surface area contributed by atoms with Crippen LogP contribution in [0.3, 0.4) is 0 Å². The largest absolute Gasteiger partial charge is 0.341 e. The summed E-state index contributed by atoms with van der Waals surface area (Å²) in [5.74, 6) is 0.594. The van der Waals surface area contributed by atoms with Gasteiger partial charge in [-0.05, 0) is 48.9 Å². The molecule has 0 aliphatic rings. The normalized spacial score (nSPS) is 12.8. The third-order valence-corrected chi connectivity index (χ3v) is 6.47. The van der Waals surface area contributed by atoms with Crippen LogP contribution in [-0.4, -0.2) is 26.6 Å². The van der Waals surface area contributed by atoms with Crippen LogP contribution in [0.15, 0.2) is 83.8 Å². The molecule has 0 bridgehead atoms. The van der Waals surface area contributed by atoms with Crippen molar-refractivity contribution in [2.75, 3.05) is 5.32 Å². The zero-order valence-electron chi connectivity index (χ0n) is 18.8. The first-order valence-corrected chi connectivity index (χ1v) is 11.6. The summed E-state index contributed by atoms with van der Waals surface area (Å²) in [6.45, 7) is 3.36. The van der Waals surface area contributed by atoms with Crippen molar-refractivity contribution < 1.29 is 9.59 Å². The number of amides is 2. The Balaban J connectivity index is 1.55. The van der Waals surface area contributed by atoms with Crippen molar-refractivity contribution in [3.05, 3.63) is 90.3 Å². The molecule has 168 valence electrons. The Morgan fingerprint density at radius 3 is 2.27 bits per heavy atom. The molecular weight excluding hydrogens is 432 g/mol. The fourth-order valence-corrected chi connectivity index (χ4v) is 4.58. The Labute approximate surface area is 197 Å². The lowest BCUT2D eigenvalue weighted by Gasteiger charge is -2.21. The van der Waals surface area contributed by atoms with Gasteiger partial charge in [-0.1, -0.05) is 42.5 Å². The van der Waals surface area contributed by atoms with Crippen LogP contribution in [0, 0.1) is 0 Å². The molecule has 2 unspecified atom stereocenters. The van der Waals surface area contributed by atoms with Gasteiger partial charge < -0.3 is 15.2 Å². The van der Waals surface area contributed by atoms with Crippen LogP contribution in [0.25, 0.3) is 11.0 Å². The molecule has 4 aromatic rings. The van der Waals surface area contributed by atoms with E-state index in [2.05, 4.69) is 10.6 Å². The third-order valence-electron chi connectivity index (χ3n) is 5.36. The lowest BCUT2D eigenvalue weighted by atomic mass is 10.1. The summed E-state index contributed by atoms with van der Waals surface area (Å²) in [7, 11) is 1.97. The highest BCUT2D eigenvalue weighted by Gasteiger charge is 2.25. The third kappa shape index (κ3) is 5.26. The number of fused-ring (bicyclic) bond motifs is 1. The quantitative estimate of drug-likeness (QED) is 0.386. The second-order valence-corrected chi connectivity index (χ2v) is 9.25. The average Bonchev–Trinajstić information content (AvgIpc) is 3.15. The highest BCUT2D eigenvalue weighted by Crippen LogP contribution is 2.28. The van der Waals surface area contributed by atoms with E-state index < -0.39 is 0 Å².